The topological polar surface area (TPSA) is 76.5 Å². The molecule has 6 nitrogen and oxygen atoms in total. The molecule has 0 saturated heterocycles. The molecule has 6 heteroatoms. The van der Waals surface area contributed by atoms with Crippen molar-refractivity contribution in [3.05, 3.63) is 52.2 Å². The predicted molar refractivity (Wildman–Crippen MR) is 100 cm³/mol. The second-order valence-corrected chi connectivity index (χ2v) is 6.76. The molecule has 0 aliphatic heterocycles. The number of hydrogen-bond acceptors (Lipinski definition) is 4. The third-order valence-corrected chi connectivity index (χ3v) is 5.12. The lowest BCUT2D eigenvalue weighted by Crippen LogP contribution is -2.14. The van der Waals surface area contributed by atoms with Crippen LogP contribution in [0.1, 0.15) is 49.4 Å². The molecule has 1 aliphatic rings. The van der Waals surface area contributed by atoms with Gasteiger partial charge in [0.15, 0.2) is 0 Å². The van der Waals surface area contributed by atoms with E-state index in [9.17, 15) is 9.59 Å². The zero-order chi connectivity index (χ0) is 18.1. The minimum absolute atomic E-state index is 0.134. The van der Waals surface area contributed by atoms with Crippen LogP contribution in [0.25, 0.3) is 22.6 Å². The molecule has 2 aromatic heterocycles. The van der Waals surface area contributed by atoms with Gasteiger partial charge in [-0.15, -0.1) is 0 Å². The molecule has 1 saturated carbocycles. The fraction of sp³-hybridized carbons (Fsp3) is 0.350. The van der Waals surface area contributed by atoms with Gasteiger partial charge in [0.1, 0.15) is 11.3 Å². The fourth-order valence-corrected chi connectivity index (χ4v) is 3.79. The smallest absolute Gasteiger partial charge is 0.330 e. The molecule has 0 radical (unpaired) electrons. The van der Waals surface area contributed by atoms with E-state index in [4.69, 9.17) is 0 Å². The van der Waals surface area contributed by atoms with Crippen LogP contribution in [0.5, 0.6) is 0 Å². The molecule has 0 spiro atoms. The number of esters is 1. The first-order valence-corrected chi connectivity index (χ1v) is 8.97. The summed E-state index contributed by atoms with van der Waals surface area (Å²) in [6.45, 7) is 0. The largest absolute Gasteiger partial charge is 0.466 e. The summed E-state index contributed by atoms with van der Waals surface area (Å²) in [4.78, 5) is 31.3. The van der Waals surface area contributed by atoms with E-state index in [1.165, 1.54) is 32.4 Å². The maximum absolute atomic E-state index is 12.4. The lowest BCUT2D eigenvalue weighted by atomic mass is 9.89. The highest BCUT2D eigenvalue weighted by molar-refractivity contribution is 5.88. The molecular formula is C20H21N3O3. The minimum atomic E-state index is -0.401. The number of carbonyl (C=O) groups excluding carboxylic acids is 1. The van der Waals surface area contributed by atoms with E-state index in [0.29, 0.717) is 11.4 Å². The predicted octanol–water partition coefficient (Wildman–Crippen LogP) is 3.41. The highest BCUT2D eigenvalue weighted by Crippen LogP contribution is 2.33. The first-order valence-electron chi connectivity index (χ1n) is 8.97. The average Bonchev–Trinajstić information content (AvgIpc) is 3.13. The van der Waals surface area contributed by atoms with E-state index >= 15 is 0 Å². The summed E-state index contributed by atoms with van der Waals surface area (Å²) < 4.78 is 6.63. The zero-order valence-electron chi connectivity index (χ0n) is 14.7. The Hall–Kier alpha value is -2.89. The summed E-state index contributed by atoms with van der Waals surface area (Å²) in [5, 5.41) is 0. The number of H-pyrrole nitrogens is 1. The number of nitrogens with one attached hydrogen (secondary N) is 1. The first kappa shape index (κ1) is 16.6. The van der Waals surface area contributed by atoms with E-state index in [1.54, 1.807) is 12.3 Å². The van der Waals surface area contributed by atoms with E-state index in [0.717, 1.165) is 35.3 Å². The van der Waals surface area contributed by atoms with Gasteiger partial charge in [0.05, 0.1) is 24.3 Å². The molecule has 4 rings (SSSR count). The second-order valence-electron chi connectivity index (χ2n) is 6.76. The average molecular weight is 351 g/mol. The van der Waals surface area contributed by atoms with Crippen LogP contribution in [0.2, 0.25) is 0 Å². The number of hydrogen-bond donors (Lipinski definition) is 1. The van der Waals surface area contributed by atoms with E-state index in [-0.39, 0.29) is 5.56 Å². The van der Waals surface area contributed by atoms with Crippen molar-refractivity contribution in [3.8, 4) is 0 Å². The van der Waals surface area contributed by atoms with Crippen LogP contribution in [0.4, 0.5) is 0 Å². The second kappa shape index (κ2) is 6.78. The van der Waals surface area contributed by atoms with Gasteiger partial charge in [-0.05, 0) is 36.6 Å². The first-order chi connectivity index (χ1) is 12.7. The number of nitrogens with zero attached hydrogens (tertiary/aromatic N) is 2. The molecule has 1 N–H and O–H groups in total. The lowest BCUT2D eigenvalue weighted by molar-refractivity contribution is -0.134. The van der Waals surface area contributed by atoms with Crippen LogP contribution < -0.4 is 5.56 Å². The molecule has 1 aromatic carbocycles. The molecule has 0 atom stereocenters. The number of ether oxygens (including phenoxy) is 1. The zero-order valence-corrected chi connectivity index (χ0v) is 14.7. The Morgan fingerprint density at radius 3 is 2.85 bits per heavy atom. The van der Waals surface area contributed by atoms with Crippen LogP contribution in [0.3, 0.4) is 0 Å². The van der Waals surface area contributed by atoms with Gasteiger partial charge in [-0.2, -0.15) is 0 Å². The Kier molecular flexibility index (Phi) is 4.32. The minimum Gasteiger partial charge on any atom is -0.466 e. The van der Waals surface area contributed by atoms with Crippen molar-refractivity contribution in [1.29, 1.82) is 0 Å². The number of aromatic nitrogens is 3. The Morgan fingerprint density at radius 1 is 1.27 bits per heavy atom. The normalized spacial score (nSPS) is 15.9. The van der Waals surface area contributed by atoms with E-state index in [1.807, 2.05) is 22.6 Å². The van der Waals surface area contributed by atoms with Gasteiger partial charge in [-0.3, -0.25) is 9.20 Å². The highest BCUT2D eigenvalue weighted by Gasteiger charge is 2.21. The van der Waals surface area contributed by atoms with Crippen LogP contribution in [0.15, 0.2) is 35.3 Å². The number of methoxy groups -OCH3 is 1. The van der Waals surface area contributed by atoms with Gasteiger partial charge in [0, 0.05) is 12.0 Å². The summed E-state index contributed by atoms with van der Waals surface area (Å²) in [7, 11) is 1.35. The van der Waals surface area contributed by atoms with E-state index in [2.05, 4.69) is 14.7 Å². The molecule has 134 valence electrons. The van der Waals surface area contributed by atoms with Crippen molar-refractivity contribution in [2.45, 2.75) is 38.0 Å². The van der Waals surface area contributed by atoms with Crippen molar-refractivity contribution in [1.82, 2.24) is 14.4 Å². The summed E-state index contributed by atoms with van der Waals surface area (Å²) in [5.74, 6) is 0.942. The third kappa shape index (κ3) is 2.92. The fourth-order valence-electron chi connectivity index (χ4n) is 3.79. The molecular weight excluding hydrogens is 330 g/mol. The van der Waals surface area contributed by atoms with Gasteiger partial charge in [-0.25, -0.2) is 9.78 Å². The number of fused-ring (bicyclic) bond motifs is 3. The van der Waals surface area contributed by atoms with Crippen molar-refractivity contribution < 1.29 is 9.53 Å². The van der Waals surface area contributed by atoms with Gasteiger partial charge in [0.25, 0.3) is 5.56 Å². The summed E-state index contributed by atoms with van der Waals surface area (Å²) >= 11 is 0. The summed E-state index contributed by atoms with van der Waals surface area (Å²) in [5.41, 5.74) is 2.94. The molecule has 0 bridgehead atoms. The standard InChI is InChI=1S/C20H21N3O3/c1-26-18(24)10-8-13-7-9-15-16(11-13)23-17(20(25)22-15)12-21-19(23)14-5-3-2-4-6-14/h7-12,14H,2-6H2,1H3,(H,22,25). The molecule has 26 heavy (non-hydrogen) atoms. The molecule has 0 amide bonds. The highest BCUT2D eigenvalue weighted by atomic mass is 16.5. The molecule has 2 heterocycles. The van der Waals surface area contributed by atoms with Crippen LogP contribution in [-0.2, 0) is 9.53 Å². The van der Waals surface area contributed by atoms with Crippen molar-refractivity contribution in [3.63, 3.8) is 0 Å². The monoisotopic (exact) mass is 351 g/mol. The number of carbonyl (C=O) groups is 1. The van der Waals surface area contributed by atoms with Gasteiger partial charge < -0.3 is 9.72 Å². The SMILES string of the molecule is COC(=O)C=Cc1ccc2[nH]c(=O)c3cnc(C4CCCCC4)n3c2c1. The number of benzene rings is 1. The van der Waals surface area contributed by atoms with Crippen LogP contribution in [0, 0.1) is 0 Å². The number of rotatable bonds is 3. The maximum atomic E-state index is 12.4. The van der Waals surface area contributed by atoms with Crippen molar-refractivity contribution >= 4 is 28.6 Å². The van der Waals surface area contributed by atoms with Gasteiger partial charge in [0.2, 0.25) is 0 Å². The van der Waals surface area contributed by atoms with Gasteiger partial charge in [-0.1, -0.05) is 25.3 Å². The number of aromatic amines is 1. The molecule has 1 fully saturated rings. The Morgan fingerprint density at radius 2 is 2.08 bits per heavy atom. The number of imidazole rings is 1. The van der Waals surface area contributed by atoms with Crippen LogP contribution in [-0.4, -0.2) is 27.4 Å². The Bertz CT molecular complexity index is 1060. The lowest BCUT2D eigenvalue weighted by Gasteiger charge is -2.21. The van der Waals surface area contributed by atoms with Crippen molar-refractivity contribution in [2.24, 2.45) is 0 Å². The Balaban J connectivity index is 1.90. The van der Waals surface area contributed by atoms with Crippen LogP contribution >= 0.6 is 0 Å². The Labute approximate surface area is 150 Å². The third-order valence-electron chi connectivity index (χ3n) is 5.12. The van der Waals surface area contributed by atoms with Crippen molar-refractivity contribution in [2.75, 3.05) is 7.11 Å². The quantitative estimate of drug-likeness (QED) is 0.579. The maximum Gasteiger partial charge on any atom is 0.330 e. The molecule has 1 aliphatic carbocycles. The van der Waals surface area contributed by atoms with E-state index < -0.39 is 5.97 Å². The summed E-state index contributed by atoms with van der Waals surface area (Å²) in [6, 6.07) is 5.68. The summed E-state index contributed by atoms with van der Waals surface area (Å²) in [6.07, 6.45) is 10.6. The molecule has 0 unspecified atom stereocenters. The van der Waals surface area contributed by atoms with Gasteiger partial charge >= 0.3 is 5.97 Å². The molecule has 3 aromatic rings.